The monoisotopic (exact) mass is 343 g/mol. The number of pyridine rings is 1. The van der Waals surface area contributed by atoms with Crippen molar-refractivity contribution in [1.29, 1.82) is 0 Å². The van der Waals surface area contributed by atoms with E-state index in [4.69, 9.17) is 4.74 Å². The van der Waals surface area contributed by atoms with Crippen molar-refractivity contribution >= 4 is 11.8 Å². The lowest BCUT2D eigenvalue weighted by Gasteiger charge is -2.35. The maximum absolute atomic E-state index is 13.3. The van der Waals surface area contributed by atoms with Gasteiger partial charge in [0.2, 0.25) is 5.88 Å². The normalized spacial score (nSPS) is 14.3. The Hall–Kier alpha value is -2.96. The Labute approximate surface area is 144 Å². The van der Waals surface area contributed by atoms with Gasteiger partial charge in [-0.2, -0.15) is 0 Å². The number of amides is 2. The highest BCUT2D eigenvalue weighted by Gasteiger charge is 2.27. The van der Waals surface area contributed by atoms with Gasteiger partial charge in [-0.25, -0.2) is 9.37 Å². The molecule has 0 aliphatic carbocycles. The lowest BCUT2D eigenvalue weighted by atomic mass is 10.1. The number of carbonyl (C=O) groups is 2. The lowest BCUT2D eigenvalue weighted by molar-refractivity contribution is 0.0533. The van der Waals surface area contributed by atoms with E-state index in [-0.39, 0.29) is 17.7 Å². The maximum atomic E-state index is 13.3. The SMILES string of the molecule is COc1ncccc1C(=O)N1CCN(C(=O)c2cccc(F)c2)CC1. The topological polar surface area (TPSA) is 62.7 Å². The van der Waals surface area contributed by atoms with E-state index in [1.165, 1.54) is 25.3 Å². The fourth-order valence-electron chi connectivity index (χ4n) is 2.80. The van der Waals surface area contributed by atoms with Crippen LogP contribution in [0.3, 0.4) is 0 Å². The molecule has 0 N–H and O–H groups in total. The molecule has 1 aliphatic rings. The average Bonchev–Trinajstić information content (AvgIpc) is 2.67. The van der Waals surface area contributed by atoms with Crippen LogP contribution in [-0.2, 0) is 0 Å². The number of rotatable bonds is 3. The zero-order valence-electron chi connectivity index (χ0n) is 13.8. The fraction of sp³-hybridized carbons (Fsp3) is 0.278. The van der Waals surface area contributed by atoms with Crippen molar-refractivity contribution in [1.82, 2.24) is 14.8 Å². The van der Waals surface area contributed by atoms with E-state index in [9.17, 15) is 14.0 Å². The number of nitrogens with zero attached hydrogens (tertiary/aromatic N) is 3. The fourth-order valence-corrected chi connectivity index (χ4v) is 2.80. The van der Waals surface area contributed by atoms with Gasteiger partial charge in [0.15, 0.2) is 0 Å². The van der Waals surface area contributed by atoms with Gasteiger partial charge < -0.3 is 14.5 Å². The summed E-state index contributed by atoms with van der Waals surface area (Å²) in [6.07, 6.45) is 1.56. The second-order valence-corrected chi connectivity index (χ2v) is 5.65. The smallest absolute Gasteiger partial charge is 0.259 e. The van der Waals surface area contributed by atoms with Crippen molar-refractivity contribution < 1.29 is 18.7 Å². The minimum Gasteiger partial charge on any atom is -0.480 e. The lowest BCUT2D eigenvalue weighted by Crippen LogP contribution is -2.50. The molecule has 1 aliphatic heterocycles. The standard InChI is InChI=1S/C18H18FN3O3/c1-25-16-15(6-3-7-20-16)18(24)22-10-8-21(9-11-22)17(23)13-4-2-5-14(19)12-13/h2-7,12H,8-11H2,1H3. The molecular weight excluding hydrogens is 325 g/mol. The summed E-state index contributed by atoms with van der Waals surface area (Å²) >= 11 is 0. The molecule has 130 valence electrons. The van der Waals surface area contributed by atoms with Crippen LogP contribution in [0.15, 0.2) is 42.6 Å². The van der Waals surface area contributed by atoms with Crippen LogP contribution in [0.2, 0.25) is 0 Å². The van der Waals surface area contributed by atoms with Gasteiger partial charge in [-0.3, -0.25) is 9.59 Å². The summed E-state index contributed by atoms with van der Waals surface area (Å²) in [6, 6.07) is 8.97. The molecule has 2 heterocycles. The second kappa shape index (κ2) is 7.29. The molecule has 25 heavy (non-hydrogen) atoms. The second-order valence-electron chi connectivity index (χ2n) is 5.65. The molecule has 7 heteroatoms. The molecule has 2 amide bonds. The van der Waals surface area contributed by atoms with Crippen LogP contribution < -0.4 is 4.74 Å². The van der Waals surface area contributed by atoms with Gasteiger partial charge in [0.1, 0.15) is 11.4 Å². The molecule has 3 rings (SSSR count). The van der Waals surface area contributed by atoms with Gasteiger partial charge in [0.05, 0.1) is 7.11 Å². The van der Waals surface area contributed by atoms with E-state index < -0.39 is 5.82 Å². The summed E-state index contributed by atoms with van der Waals surface area (Å²) in [5.41, 5.74) is 0.712. The molecule has 0 spiro atoms. The van der Waals surface area contributed by atoms with E-state index in [0.717, 1.165) is 0 Å². The van der Waals surface area contributed by atoms with Gasteiger partial charge in [-0.05, 0) is 30.3 Å². The Morgan fingerprint density at radius 2 is 1.72 bits per heavy atom. The van der Waals surface area contributed by atoms with Gasteiger partial charge in [0.25, 0.3) is 11.8 Å². The van der Waals surface area contributed by atoms with Crippen LogP contribution in [-0.4, -0.2) is 59.9 Å². The predicted octanol–water partition coefficient (Wildman–Crippen LogP) is 1.83. The molecular formula is C18H18FN3O3. The first-order chi connectivity index (χ1) is 12.1. The van der Waals surface area contributed by atoms with Gasteiger partial charge in [-0.1, -0.05) is 6.07 Å². The van der Waals surface area contributed by atoms with Gasteiger partial charge in [-0.15, -0.1) is 0 Å². The van der Waals surface area contributed by atoms with Crippen molar-refractivity contribution in [2.24, 2.45) is 0 Å². The van der Waals surface area contributed by atoms with Crippen LogP contribution in [0.5, 0.6) is 5.88 Å². The van der Waals surface area contributed by atoms with Crippen molar-refractivity contribution in [2.45, 2.75) is 0 Å². The number of benzene rings is 1. The molecule has 0 atom stereocenters. The highest BCUT2D eigenvalue weighted by molar-refractivity contribution is 5.97. The summed E-state index contributed by atoms with van der Waals surface area (Å²) in [6.45, 7) is 1.59. The molecule has 1 aromatic carbocycles. The minimum absolute atomic E-state index is 0.178. The highest BCUT2D eigenvalue weighted by atomic mass is 19.1. The predicted molar refractivity (Wildman–Crippen MR) is 89.0 cm³/mol. The minimum atomic E-state index is -0.441. The van der Waals surface area contributed by atoms with Crippen LogP contribution >= 0.6 is 0 Å². The number of piperazine rings is 1. The van der Waals surface area contributed by atoms with Crippen molar-refractivity contribution in [3.63, 3.8) is 0 Å². The van der Waals surface area contributed by atoms with Crippen molar-refractivity contribution in [2.75, 3.05) is 33.3 Å². The Balaban J connectivity index is 1.65. The first kappa shape index (κ1) is 16.9. The number of methoxy groups -OCH3 is 1. The zero-order valence-corrected chi connectivity index (χ0v) is 13.8. The summed E-state index contributed by atoms with van der Waals surface area (Å²) in [7, 11) is 1.47. The number of ether oxygens (including phenoxy) is 1. The zero-order chi connectivity index (χ0) is 17.8. The van der Waals surface area contributed by atoms with Crippen LogP contribution in [0.4, 0.5) is 4.39 Å². The molecule has 1 saturated heterocycles. The molecule has 0 unspecified atom stereocenters. The first-order valence-electron chi connectivity index (χ1n) is 7.93. The number of hydrogen-bond acceptors (Lipinski definition) is 4. The Morgan fingerprint density at radius 3 is 2.36 bits per heavy atom. The summed E-state index contributed by atoms with van der Waals surface area (Å²) in [5.74, 6) is -0.567. The Morgan fingerprint density at radius 1 is 1.04 bits per heavy atom. The Bertz CT molecular complexity index is 789. The molecule has 0 saturated carbocycles. The van der Waals surface area contributed by atoms with Crippen LogP contribution in [0.1, 0.15) is 20.7 Å². The van der Waals surface area contributed by atoms with Gasteiger partial charge >= 0.3 is 0 Å². The van der Waals surface area contributed by atoms with Gasteiger partial charge in [0, 0.05) is 37.9 Å². The number of aromatic nitrogens is 1. The average molecular weight is 343 g/mol. The molecule has 0 bridgehead atoms. The molecule has 2 aromatic rings. The third-order valence-corrected chi connectivity index (χ3v) is 4.12. The molecule has 1 aromatic heterocycles. The number of hydrogen-bond donors (Lipinski definition) is 0. The largest absolute Gasteiger partial charge is 0.480 e. The number of halogens is 1. The Kier molecular flexibility index (Phi) is 4.92. The van der Waals surface area contributed by atoms with E-state index in [1.54, 1.807) is 34.2 Å². The molecule has 6 nitrogen and oxygen atoms in total. The van der Waals surface area contributed by atoms with Crippen molar-refractivity contribution in [3.8, 4) is 5.88 Å². The number of carbonyl (C=O) groups excluding carboxylic acids is 2. The third-order valence-electron chi connectivity index (χ3n) is 4.12. The summed E-state index contributed by atoms with van der Waals surface area (Å²) in [5, 5.41) is 0. The maximum Gasteiger partial charge on any atom is 0.259 e. The van der Waals surface area contributed by atoms with Crippen LogP contribution in [0, 0.1) is 5.82 Å². The third kappa shape index (κ3) is 3.60. The summed E-state index contributed by atoms with van der Waals surface area (Å²) < 4.78 is 18.4. The summed E-state index contributed by atoms with van der Waals surface area (Å²) in [4.78, 5) is 32.4. The van der Waals surface area contributed by atoms with E-state index in [1.807, 2.05) is 0 Å². The quantitative estimate of drug-likeness (QED) is 0.853. The first-order valence-corrected chi connectivity index (χ1v) is 7.93. The van der Waals surface area contributed by atoms with E-state index in [0.29, 0.717) is 37.3 Å². The van der Waals surface area contributed by atoms with Crippen molar-refractivity contribution in [3.05, 3.63) is 59.5 Å². The highest BCUT2D eigenvalue weighted by Crippen LogP contribution is 2.18. The van der Waals surface area contributed by atoms with Crippen LogP contribution in [0.25, 0.3) is 0 Å². The molecule has 1 fully saturated rings. The van der Waals surface area contributed by atoms with E-state index >= 15 is 0 Å². The molecule has 0 radical (unpaired) electrons. The van der Waals surface area contributed by atoms with E-state index in [2.05, 4.69) is 4.98 Å².